The van der Waals surface area contributed by atoms with Crippen LogP contribution in [-0.2, 0) is 0 Å². The molecule has 0 spiro atoms. The third-order valence-electron chi connectivity index (χ3n) is 5.03. The van der Waals surface area contributed by atoms with Crippen LogP contribution in [0.15, 0.2) is 72.8 Å². The van der Waals surface area contributed by atoms with E-state index in [1.165, 1.54) is 0 Å². The molecule has 1 fully saturated rings. The number of aryl methyl sites for hydroxylation is 1. The van der Waals surface area contributed by atoms with E-state index in [0.29, 0.717) is 19.0 Å². The molecule has 1 saturated heterocycles. The van der Waals surface area contributed by atoms with E-state index >= 15 is 0 Å². The molecular formula is C23H24N4O2. The second-order valence-corrected chi connectivity index (χ2v) is 7.19. The van der Waals surface area contributed by atoms with E-state index in [0.717, 1.165) is 23.2 Å². The summed E-state index contributed by atoms with van der Waals surface area (Å²) in [6.07, 6.45) is 0.689. The van der Waals surface area contributed by atoms with Gasteiger partial charge in [-0.15, -0.1) is 5.10 Å². The molecule has 1 unspecified atom stereocenters. The number of likely N-dealkylation sites (tertiary alicyclic amines) is 1. The standard InChI is InChI=1S/C23H24N4O2/c1-17-12-13-21(26-25-17)29-20-14-15-27(16-20)23(28)24-22(18-8-4-2-5-9-18)19-10-6-3-7-11-19/h2-13,20,22H,14-16H2,1H3,(H,24,28). The van der Waals surface area contributed by atoms with E-state index < -0.39 is 0 Å². The van der Waals surface area contributed by atoms with Crippen LogP contribution < -0.4 is 10.1 Å². The molecule has 0 saturated carbocycles. The fourth-order valence-electron chi connectivity index (χ4n) is 3.49. The van der Waals surface area contributed by atoms with E-state index in [4.69, 9.17) is 4.74 Å². The van der Waals surface area contributed by atoms with Crippen LogP contribution in [0.25, 0.3) is 0 Å². The number of hydrogen-bond donors (Lipinski definition) is 1. The minimum absolute atomic E-state index is 0.0790. The topological polar surface area (TPSA) is 67.3 Å². The van der Waals surface area contributed by atoms with Gasteiger partial charge in [-0.2, -0.15) is 5.10 Å². The lowest BCUT2D eigenvalue weighted by Crippen LogP contribution is -2.41. The number of rotatable bonds is 5. The van der Waals surface area contributed by atoms with Gasteiger partial charge in [0, 0.05) is 19.0 Å². The van der Waals surface area contributed by atoms with Crippen molar-refractivity contribution in [2.75, 3.05) is 13.1 Å². The minimum atomic E-state index is -0.201. The molecule has 1 aromatic heterocycles. The van der Waals surface area contributed by atoms with Gasteiger partial charge in [0.15, 0.2) is 0 Å². The highest BCUT2D eigenvalue weighted by molar-refractivity contribution is 5.75. The molecule has 1 aliphatic rings. The predicted molar refractivity (Wildman–Crippen MR) is 111 cm³/mol. The van der Waals surface area contributed by atoms with Gasteiger partial charge in [0.1, 0.15) is 6.10 Å². The molecule has 6 heteroatoms. The maximum Gasteiger partial charge on any atom is 0.318 e. The lowest BCUT2D eigenvalue weighted by atomic mass is 9.99. The van der Waals surface area contributed by atoms with Gasteiger partial charge in [0.25, 0.3) is 0 Å². The quantitative estimate of drug-likeness (QED) is 0.723. The first-order valence-corrected chi connectivity index (χ1v) is 9.81. The number of urea groups is 1. The number of aromatic nitrogens is 2. The molecule has 29 heavy (non-hydrogen) atoms. The zero-order valence-corrected chi connectivity index (χ0v) is 16.4. The van der Waals surface area contributed by atoms with Crippen LogP contribution in [0, 0.1) is 6.92 Å². The zero-order chi connectivity index (χ0) is 20.1. The van der Waals surface area contributed by atoms with Crippen molar-refractivity contribution >= 4 is 6.03 Å². The number of benzene rings is 2. The monoisotopic (exact) mass is 388 g/mol. The van der Waals surface area contributed by atoms with Crippen molar-refractivity contribution in [2.24, 2.45) is 0 Å². The number of hydrogen-bond acceptors (Lipinski definition) is 4. The molecule has 148 valence electrons. The molecule has 2 heterocycles. The third kappa shape index (κ3) is 4.71. The number of carbonyl (C=O) groups excluding carboxylic acids is 1. The fourth-order valence-corrected chi connectivity index (χ4v) is 3.49. The Morgan fingerprint density at radius 1 is 1.00 bits per heavy atom. The Hall–Kier alpha value is -3.41. The first-order chi connectivity index (χ1) is 14.2. The van der Waals surface area contributed by atoms with Gasteiger partial charge in [0.2, 0.25) is 5.88 Å². The maximum atomic E-state index is 13.0. The maximum absolute atomic E-state index is 13.0. The Bertz CT molecular complexity index is 893. The normalized spacial score (nSPS) is 16.1. The SMILES string of the molecule is Cc1ccc(OC2CCN(C(=O)NC(c3ccccc3)c3ccccc3)C2)nn1. The predicted octanol–water partition coefficient (Wildman–Crippen LogP) is 3.74. The molecule has 1 atom stereocenters. The van der Waals surface area contributed by atoms with Gasteiger partial charge in [-0.1, -0.05) is 60.7 Å². The molecule has 0 bridgehead atoms. The largest absolute Gasteiger partial charge is 0.471 e. The highest BCUT2D eigenvalue weighted by Gasteiger charge is 2.29. The molecule has 1 N–H and O–H groups in total. The lowest BCUT2D eigenvalue weighted by Gasteiger charge is -2.24. The highest BCUT2D eigenvalue weighted by atomic mass is 16.5. The Morgan fingerprint density at radius 2 is 1.66 bits per heavy atom. The summed E-state index contributed by atoms with van der Waals surface area (Å²) in [5.41, 5.74) is 2.94. The second kappa shape index (κ2) is 8.73. The highest BCUT2D eigenvalue weighted by Crippen LogP contribution is 2.23. The molecule has 2 aromatic carbocycles. The third-order valence-corrected chi connectivity index (χ3v) is 5.03. The first kappa shape index (κ1) is 18.9. The van der Waals surface area contributed by atoms with Crippen LogP contribution in [0.4, 0.5) is 4.79 Å². The average molecular weight is 388 g/mol. The average Bonchev–Trinajstić information content (AvgIpc) is 3.23. The molecule has 0 aliphatic carbocycles. The van der Waals surface area contributed by atoms with Gasteiger partial charge in [0.05, 0.1) is 18.3 Å². The summed E-state index contributed by atoms with van der Waals surface area (Å²) in [7, 11) is 0. The van der Waals surface area contributed by atoms with Crippen molar-refractivity contribution in [1.29, 1.82) is 0 Å². The number of ether oxygens (including phenoxy) is 1. The molecule has 6 nitrogen and oxygen atoms in total. The lowest BCUT2D eigenvalue weighted by molar-refractivity contribution is 0.181. The molecule has 1 aliphatic heterocycles. The number of amides is 2. The second-order valence-electron chi connectivity index (χ2n) is 7.19. The van der Waals surface area contributed by atoms with Crippen LogP contribution >= 0.6 is 0 Å². The molecule has 3 aromatic rings. The number of carbonyl (C=O) groups is 1. The van der Waals surface area contributed by atoms with Crippen LogP contribution in [0.3, 0.4) is 0 Å². The van der Waals surface area contributed by atoms with E-state index in [-0.39, 0.29) is 18.2 Å². The van der Waals surface area contributed by atoms with Crippen molar-refractivity contribution in [3.63, 3.8) is 0 Å². The van der Waals surface area contributed by atoms with Crippen LogP contribution in [0.5, 0.6) is 5.88 Å². The van der Waals surface area contributed by atoms with Crippen molar-refractivity contribution < 1.29 is 9.53 Å². The van der Waals surface area contributed by atoms with Crippen molar-refractivity contribution in [3.8, 4) is 5.88 Å². The first-order valence-electron chi connectivity index (χ1n) is 9.81. The van der Waals surface area contributed by atoms with Crippen molar-refractivity contribution in [1.82, 2.24) is 20.4 Å². The van der Waals surface area contributed by atoms with Gasteiger partial charge in [-0.3, -0.25) is 0 Å². The van der Waals surface area contributed by atoms with E-state index in [1.807, 2.05) is 79.7 Å². The zero-order valence-electron chi connectivity index (χ0n) is 16.4. The number of nitrogens with zero attached hydrogens (tertiary/aromatic N) is 3. The van der Waals surface area contributed by atoms with Crippen molar-refractivity contribution in [3.05, 3.63) is 89.6 Å². The van der Waals surface area contributed by atoms with Crippen molar-refractivity contribution in [2.45, 2.75) is 25.5 Å². The smallest absolute Gasteiger partial charge is 0.318 e. The summed E-state index contributed by atoms with van der Waals surface area (Å²) in [4.78, 5) is 14.8. The van der Waals surface area contributed by atoms with Crippen LogP contribution in [-0.4, -0.2) is 40.3 Å². The van der Waals surface area contributed by atoms with Crippen LogP contribution in [0.2, 0.25) is 0 Å². The van der Waals surface area contributed by atoms with Gasteiger partial charge >= 0.3 is 6.03 Å². The fraction of sp³-hybridized carbons (Fsp3) is 0.261. The molecule has 0 radical (unpaired) electrons. The van der Waals surface area contributed by atoms with Gasteiger partial charge in [-0.25, -0.2) is 4.79 Å². The molecule has 4 rings (SSSR count). The summed E-state index contributed by atoms with van der Waals surface area (Å²) in [6.45, 7) is 3.05. The summed E-state index contributed by atoms with van der Waals surface area (Å²) in [6, 6.07) is 23.4. The Labute approximate surface area is 170 Å². The Morgan fingerprint density at radius 3 is 2.24 bits per heavy atom. The van der Waals surface area contributed by atoms with E-state index in [1.54, 1.807) is 4.90 Å². The summed E-state index contributed by atoms with van der Waals surface area (Å²) in [5.74, 6) is 0.495. The summed E-state index contributed by atoms with van der Waals surface area (Å²) in [5, 5.41) is 11.2. The van der Waals surface area contributed by atoms with E-state index in [2.05, 4.69) is 15.5 Å². The molecule has 2 amide bonds. The Kier molecular flexibility index (Phi) is 5.70. The summed E-state index contributed by atoms with van der Waals surface area (Å²) < 4.78 is 5.89. The van der Waals surface area contributed by atoms with Gasteiger partial charge < -0.3 is 15.0 Å². The minimum Gasteiger partial charge on any atom is -0.471 e. The summed E-state index contributed by atoms with van der Waals surface area (Å²) >= 11 is 0. The van der Waals surface area contributed by atoms with E-state index in [9.17, 15) is 4.79 Å². The van der Waals surface area contributed by atoms with Gasteiger partial charge in [-0.05, 0) is 24.1 Å². The van der Waals surface area contributed by atoms with Crippen LogP contribution in [0.1, 0.15) is 29.3 Å². The Balaban J connectivity index is 1.42. The molecular weight excluding hydrogens is 364 g/mol. The number of nitrogens with one attached hydrogen (secondary N) is 1.